The number of ether oxygens (including phenoxy) is 3. The number of aromatic nitrogens is 2. The van der Waals surface area contributed by atoms with Crippen molar-refractivity contribution >= 4 is 41.1 Å². The van der Waals surface area contributed by atoms with Crippen molar-refractivity contribution in [3.05, 3.63) is 76.6 Å². The van der Waals surface area contributed by atoms with Crippen molar-refractivity contribution in [1.82, 2.24) is 9.97 Å². The Hall–Kier alpha value is -5.12. The molecule has 0 fully saturated rings. The highest BCUT2D eigenvalue weighted by Gasteiger charge is 2.22. The summed E-state index contributed by atoms with van der Waals surface area (Å²) in [5, 5.41) is 21.1. The molecule has 0 saturated heterocycles. The lowest BCUT2D eigenvalue weighted by Gasteiger charge is -2.19. The zero-order chi connectivity index (χ0) is 36.6. The number of nitrogen functional groups attached to an aromatic ring is 1. The number of carbonyl (C=O) groups is 2. The molecule has 266 valence electrons. The molecule has 4 rings (SSSR count). The second kappa shape index (κ2) is 19.9. The predicted octanol–water partition coefficient (Wildman–Crippen LogP) is 5.77. The number of anilines is 1. The van der Waals surface area contributed by atoms with E-state index in [1.54, 1.807) is 48.5 Å². The van der Waals surface area contributed by atoms with Crippen LogP contribution in [0.3, 0.4) is 0 Å². The summed E-state index contributed by atoms with van der Waals surface area (Å²) >= 11 is 7.22. The highest BCUT2D eigenvalue weighted by Crippen LogP contribution is 2.37. The van der Waals surface area contributed by atoms with Crippen LogP contribution in [0.5, 0.6) is 5.75 Å². The van der Waals surface area contributed by atoms with Crippen LogP contribution < -0.4 is 21.9 Å². The summed E-state index contributed by atoms with van der Waals surface area (Å²) in [5.41, 5.74) is 19.7. The number of halogens is 1. The number of oxazole rings is 1. The van der Waals surface area contributed by atoms with Gasteiger partial charge in [0.1, 0.15) is 53.8 Å². The molecule has 0 saturated carbocycles. The molecule has 51 heavy (non-hydrogen) atoms. The molecule has 2 heterocycles. The van der Waals surface area contributed by atoms with Gasteiger partial charge < -0.3 is 35.8 Å². The molecule has 0 bridgehead atoms. The van der Waals surface area contributed by atoms with Crippen molar-refractivity contribution in [2.75, 3.05) is 32.0 Å². The van der Waals surface area contributed by atoms with Gasteiger partial charge in [0.25, 0.3) is 0 Å². The van der Waals surface area contributed by atoms with Crippen LogP contribution in [0.25, 0.3) is 22.6 Å². The van der Waals surface area contributed by atoms with Gasteiger partial charge in [0.15, 0.2) is 6.10 Å². The van der Waals surface area contributed by atoms with Crippen molar-refractivity contribution in [2.24, 2.45) is 11.5 Å². The van der Waals surface area contributed by atoms with Crippen LogP contribution in [-0.4, -0.2) is 54.3 Å². The molecule has 13 nitrogen and oxygen atoms in total. The summed E-state index contributed by atoms with van der Waals surface area (Å²) in [6.07, 6.45) is 3.60. The molecule has 6 N–H and O–H groups in total. The minimum Gasteiger partial charge on any atom is -0.490 e. The van der Waals surface area contributed by atoms with Gasteiger partial charge in [-0.25, -0.2) is 9.97 Å². The van der Waals surface area contributed by atoms with Gasteiger partial charge in [0.2, 0.25) is 5.89 Å². The van der Waals surface area contributed by atoms with Gasteiger partial charge >= 0.3 is 11.9 Å². The van der Waals surface area contributed by atoms with Crippen LogP contribution in [0.1, 0.15) is 55.3 Å². The number of hydrogen-bond donors (Lipinski definition) is 3. The Morgan fingerprint density at radius 1 is 0.863 bits per heavy atom. The Labute approximate surface area is 305 Å². The number of carbonyl (C=O) groups excluding carboxylic acids is 2. The maximum absolute atomic E-state index is 12.4. The summed E-state index contributed by atoms with van der Waals surface area (Å²) in [5.74, 6) is 0.256. The smallest absolute Gasteiger partial charge is 0.306 e. The minimum absolute atomic E-state index is 0.0231. The molecule has 1 atom stereocenters. The van der Waals surface area contributed by atoms with Gasteiger partial charge in [-0.3, -0.25) is 9.59 Å². The summed E-state index contributed by atoms with van der Waals surface area (Å²) in [4.78, 5) is 33.5. The van der Waals surface area contributed by atoms with E-state index in [4.69, 9.17) is 47.4 Å². The molecule has 0 amide bonds. The summed E-state index contributed by atoms with van der Waals surface area (Å²) in [7, 11) is 0. The van der Waals surface area contributed by atoms with Gasteiger partial charge in [-0.15, -0.1) is 0 Å². The molecular weight excluding hydrogens is 694 g/mol. The third-order valence-corrected chi connectivity index (χ3v) is 8.65. The molecule has 0 aliphatic rings. The summed E-state index contributed by atoms with van der Waals surface area (Å²) < 4.78 is 22.4. The number of esters is 2. The molecule has 2 aromatic heterocycles. The van der Waals surface area contributed by atoms with Gasteiger partial charge in [-0.05, 0) is 80.7 Å². The second-order valence-corrected chi connectivity index (χ2v) is 12.6. The number of unbranched alkanes of at least 4 members (excludes halogenated alkanes) is 2. The maximum Gasteiger partial charge on any atom is 0.306 e. The van der Waals surface area contributed by atoms with E-state index in [0.717, 1.165) is 5.56 Å². The Kier molecular flexibility index (Phi) is 15.1. The van der Waals surface area contributed by atoms with Crippen LogP contribution in [-0.2, 0) is 24.8 Å². The van der Waals surface area contributed by atoms with Gasteiger partial charge in [0, 0.05) is 34.7 Å². The lowest BCUT2D eigenvalue weighted by Crippen LogP contribution is -2.31. The van der Waals surface area contributed by atoms with Crippen LogP contribution >= 0.6 is 23.4 Å². The van der Waals surface area contributed by atoms with E-state index in [2.05, 4.69) is 22.1 Å². The first-order valence-electron chi connectivity index (χ1n) is 16.2. The number of nitrogens with two attached hydrogens (primary N) is 3. The normalized spacial score (nSPS) is 11.3. The Morgan fingerprint density at radius 3 is 2.16 bits per heavy atom. The first-order chi connectivity index (χ1) is 24.8. The molecule has 0 unspecified atom stereocenters. The number of benzene rings is 2. The summed E-state index contributed by atoms with van der Waals surface area (Å²) in [6.45, 7) is 0.677. The van der Waals surface area contributed by atoms with E-state index < -0.39 is 18.0 Å². The van der Waals surface area contributed by atoms with Gasteiger partial charge in [-0.2, -0.15) is 10.5 Å². The number of nitriles is 2. The molecule has 4 aromatic rings. The molecule has 15 heteroatoms. The molecule has 0 radical (unpaired) electrons. The zero-order valence-corrected chi connectivity index (χ0v) is 29.4. The third kappa shape index (κ3) is 11.5. The van der Waals surface area contributed by atoms with Crippen LogP contribution in [0.4, 0.5) is 5.82 Å². The van der Waals surface area contributed by atoms with Crippen molar-refractivity contribution in [3.63, 3.8) is 0 Å². The molecular formula is C36H38ClN7O6S. The first-order valence-corrected chi connectivity index (χ1v) is 17.6. The Morgan fingerprint density at radius 2 is 1.51 bits per heavy atom. The average Bonchev–Trinajstić information content (AvgIpc) is 3.61. The third-order valence-electron chi connectivity index (χ3n) is 7.39. The average molecular weight is 732 g/mol. The largest absolute Gasteiger partial charge is 0.490 e. The van der Waals surface area contributed by atoms with E-state index >= 15 is 0 Å². The first kappa shape index (κ1) is 38.7. The molecule has 0 aliphatic carbocycles. The SMILES string of the molecule is N#Cc1c(N)nc(SCc2coc(-c3ccc(Cl)cc3)n2)c(C#N)c1-c1ccc(OC[C@@H](COC(=O)CCCCN)OC(=O)CCCCN)cc1. The lowest BCUT2D eigenvalue weighted by molar-refractivity contribution is -0.161. The van der Waals surface area contributed by atoms with Crippen LogP contribution in [0.2, 0.25) is 5.02 Å². The highest BCUT2D eigenvalue weighted by molar-refractivity contribution is 7.98. The van der Waals surface area contributed by atoms with Gasteiger partial charge in [-0.1, -0.05) is 35.5 Å². The minimum atomic E-state index is -0.851. The van der Waals surface area contributed by atoms with Crippen molar-refractivity contribution < 1.29 is 28.2 Å². The van der Waals surface area contributed by atoms with E-state index in [0.29, 0.717) is 83.0 Å². The quantitative estimate of drug-likeness (QED) is 0.0591. The van der Waals surface area contributed by atoms with E-state index in [1.165, 1.54) is 18.0 Å². The monoisotopic (exact) mass is 731 g/mol. The van der Waals surface area contributed by atoms with E-state index in [-0.39, 0.29) is 43.0 Å². The molecule has 0 spiro atoms. The molecule has 2 aromatic carbocycles. The van der Waals surface area contributed by atoms with Crippen molar-refractivity contribution in [3.8, 4) is 40.5 Å². The van der Waals surface area contributed by atoms with Crippen molar-refractivity contribution in [2.45, 2.75) is 55.4 Å². The van der Waals surface area contributed by atoms with E-state index in [9.17, 15) is 20.1 Å². The maximum atomic E-state index is 12.4. The fourth-order valence-corrected chi connectivity index (χ4v) is 5.78. The number of pyridine rings is 1. The lowest BCUT2D eigenvalue weighted by atomic mass is 9.97. The zero-order valence-electron chi connectivity index (χ0n) is 27.8. The number of thioether (sulfide) groups is 1. The number of hydrogen-bond acceptors (Lipinski definition) is 14. The second-order valence-electron chi connectivity index (χ2n) is 11.2. The van der Waals surface area contributed by atoms with Crippen LogP contribution in [0, 0.1) is 22.7 Å². The van der Waals surface area contributed by atoms with Crippen molar-refractivity contribution in [1.29, 1.82) is 10.5 Å². The standard InChI is InChI=1S/C36H38ClN7O6S/c37-25-11-7-24(8-12-25)35-43-26(19-49-35)22-51-36-30(18-41)33(29(17-40)34(42)44-36)23-9-13-27(14-10-23)47-20-28(50-32(46)6-2-4-16-39)21-48-31(45)5-1-3-15-38/h7-14,19,28H,1-6,15-16,20-22,38-39H2,(H2,42,44)/t28-/m0/s1. The highest BCUT2D eigenvalue weighted by atomic mass is 35.5. The molecule has 0 aliphatic heterocycles. The summed E-state index contributed by atoms with van der Waals surface area (Å²) in [6, 6.07) is 18.0. The Balaban J connectivity index is 1.47. The Bertz CT molecular complexity index is 1860. The topological polar surface area (TPSA) is 226 Å². The fraction of sp³-hybridized carbons (Fsp3) is 0.333. The predicted molar refractivity (Wildman–Crippen MR) is 192 cm³/mol. The van der Waals surface area contributed by atoms with Gasteiger partial charge in [0.05, 0.1) is 11.3 Å². The number of rotatable bonds is 19. The van der Waals surface area contributed by atoms with Crippen LogP contribution in [0.15, 0.2) is 64.2 Å². The fourth-order valence-electron chi connectivity index (χ4n) is 4.79. The van der Waals surface area contributed by atoms with E-state index in [1.807, 2.05) is 0 Å². The number of nitrogens with zero attached hydrogens (tertiary/aromatic N) is 4.